The Balaban J connectivity index is 0. The third-order valence-electron chi connectivity index (χ3n) is 0. The summed E-state index contributed by atoms with van der Waals surface area (Å²) in [5.74, 6) is 0. The van der Waals surface area contributed by atoms with Gasteiger partial charge in [-0.15, -0.1) is 0 Å². The van der Waals surface area contributed by atoms with Crippen molar-refractivity contribution in [1.29, 1.82) is 0 Å². The van der Waals surface area contributed by atoms with Crippen LogP contribution >= 0.6 is 0 Å². The van der Waals surface area contributed by atoms with Gasteiger partial charge in [-0.05, 0) is 13.8 Å². The second-order valence-corrected chi connectivity index (χ2v) is 1.05. The summed E-state index contributed by atoms with van der Waals surface area (Å²) >= 11 is 0. The van der Waals surface area contributed by atoms with Gasteiger partial charge in [0, 0.05) is 6.10 Å². The molecule has 0 radical (unpaired) electrons. The first-order chi connectivity index (χ1) is 2.27. The summed E-state index contributed by atoms with van der Waals surface area (Å²) in [5, 5.41) is 0. The molecule has 0 spiro atoms. The normalized spacial score (nSPS) is 8.00. The first-order valence-electron chi connectivity index (χ1n) is 1.39. The Kier molecular flexibility index (Phi) is 10.1. The molecule has 0 aromatic heterocycles. The Morgan fingerprint density at radius 3 is 1.67 bits per heavy atom. The second kappa shape index (κ2) is 6.02. The Morgan fingerprint density at radius 2 is 1.67 bits per heavy atom. The number of hydrogen-bond acceptors (Lipinski definition) is 1. The van der Waals surface area contributed by atoms with E-state index in [1.807, 2.05) is 0 Å². The van der Waals surface area contributed by atoms with Gasteiger partial charge in [0.1, 0.15) is 0 Å². The van der Waals surface area contributed by atoms with Crippen LogP contribution in [0.25, 0.3) is 0 Å². The van der Waals surface area contributed by atoms with E-state index in [1.54, 1.807) is 0 Å². The van der Waals surface area contributed by atoms with E-state index < -0.39 is 0 Å². The van der Waals surface area contributed by atoms with Crippen LogP contribution in [-0.2, 0) is 4.65 Å². The SMILES string of the molecule is [BH3-]OC(C)C.[Na+]. The molecule has 0 aromatic carbocycles. The van der Waals surface area contributed by atoms with E-state index in [0.29, 0.717) is 6.10 Å². The van der Waals surface area contributed by atoms with Gasteiger partial charge in [0.15, 0.2) is 0 Å². The molecule has 0 saturated carbocycles. The largest absolute Gasteiger partial charge is 1.00 e. The van der Waals surface area contributed by atoms with Crippen LogP contribution in [0.2, 0.25) is 0 Å². The maximum atomic E-state index is 5.00. The molecule has 0 saturated heterocycles. The molecule has 32 valence electrons. The molecule has 0 N–H and O–H groups in total. The van der Waals surface area contributed by atoms with Gasteiger partial charge in [-0.2, -0.15) is 0 Å². The molecule has 3 heteroatoms. The summed E-state index contributed by atoms with van der Waals surface area (Å²) < 4.78 is 5.00. The molecule has 0 unspecified atom stereocenters. The van der Waals surface area contributed by atoms with Gasteiger partial charge in [-0.3, -0.25) is 0 Å². The van der Waals surface area contributed by atoms with Crippen molar-refractivity contribution >= 4 is 8.05 Å². The van der Waals surface area contributed by atoms with Crippen molar-refractivity contribution in [2.75, 3.05) is 0 Å². The van der Waals surface area contributed by atoms with Crippen molar-refractivity contribution in [1.82, 2.24) is 0 Å². The molecule has 0 aliphatic carbocycles. The summed E-state index contributed by atoms with van der Waals surface area (Å²) in [4.78, 5) is 0. The topological polar surface area (TPSA) is 9.23 Å². The van der Waals surface area contributed by atoms with Crippen LogP contribution in [0.5, 0.6) is 0 Å². The molecule has 0 fully saturated rings. The Morgan fingerprint density at radius 1 is 1.50 bits per heavy atom. The predicted octanol–water partition coefficient (Wildman–Crippen LogP) is -3.30. The summed E-state index contributed by atoms with van der Waals surface area (Å²) in [7, 11) is 0.213. The van der Waals surface area contributed by atoms with Crippen molar-refractivity contribution in [2.24, 2.45) is 0 Å². The quantitative estimate of drug-likeness (QED) is 0.310. The molecule has 6 heavy (non-hydrogen) atoms. The van der Waals surface area contributed by atoms with Crippen molar-refractivity contribution in [2.45, 2.75) is 20.0 Å². The van der Waals surface area contributed by atoms with Crippen LogP contribution in [0, 0.1) is 0 Å². The minimum Gasteiger partial charge on any atom is -0.597 e. The zero-order valence-corrected chi connectivity index (χ0v) is 5.99. The fourth-order valence-corrected chi connectivity index (χ4v) is 0. The number of rotatable bonds is 1. The fraction of sp³-hybridized carbons (Fsp3) is 1.00. The molecule has 0 aliphatic heterocycles. The van der Waals surface area contributed by atoms with E-state index in [9.17, 15) is 0 Å². The summed E-state index contributed by atoms with van der Waals surface area (Å²) in [6.07, 6.45) is 0.495. The van der Waals surface area contributed by atoms with Crippen LogP contribution < -0.4 is 29.6 Å². The van der Waals surface area contributed by atoms with Gasteiger partial charge in [-0.25, -0.2) is 0 Å². The van der Waals surface area contributed by atoms with Crippen molar-refractivity contribution in [3.63, 3.8) is 0 Å². The van der Waals surface area contributed by atoms with E-state index in [-0.39, 0.29) is 37.6 Å². The van der Waals surface area contributed by atoms with E-state index in [4.69, 9.17) is 4.65 Å². The van der Waals surface area contributed by atoms with Gasteiger partial charge < -0.3 is 4.65 Å². The summed E-state index contributed by atoms with van der Waals surface area (Å²) in [6, 6.07) is 0. The zero-order valence-electron chi connectivity index (χ0n) is 3.99. The van der Waals surface area contributed by atoms with Gasteiger partial charge in [0.2, 0.25) is 0 Å². The average Bonchev–Trinajstić information content (AvgIpc) is 1.38. The molecule has 0 atom stereocenters. The van der Waals surface area contributed by atoms with Crippen molar-refractivity contribution < 1.29 is 34.2 Å². The molecule has 1 nitrogen and oxygen atoms in total. The molecule has 0 bridgehead atoms. The van der Waals surface area contributed by atoms with Crippen LogP contribution in [0.4, 0.5) is 0 Å². The molecule has 0 aliphatic rings. The van der Waals surface area contributed by atoms with Gasteiger partial charge >= 0.3 is 29.6 Å². The predicted molar refractivity (Wildman–Crippen MR) is 26.2 cm³/mol. The minimum atomic E-state index is 0. The van der Waals surface area contributed by atoms with E-state index >= 15 is 0 Å². The van der Waals surface area contributed by atoms with Crippen molar-refractivity contribution in [3.05, 3.63) is 0 Å². The maximum absolute atomic E-state index is 5.00. The monoisotopic (exact) mass is 96.1 g/mol. The molecular weight excluding hydrogens is 85.8 g/mol. The summed E-state index contributed by atoms with van der Waals surface area (Å²) in [6.45, 7) is 4.12. The van der Waals surface area contributed by atoms with Gasteiger partial charge in [0.25, 0.3) is 0 Å². The number of hydrogen-bond donors (Lipinski definition) is 0. The van der Waals surface area contributed by atoms with E-state index in [2.05, 4.69) is 13.8 Å². The zero-order chi connectivity index (χ0) is 4.28. The smallest absolute Gasteiger partial charge is 0.597 e. The van der Waals surface area contributed by atoms with E-state index in [1.165, 1.54) is 0 Å². The first kappa shape index (κ1) is 10.1. The molecule has 0 rings (SSSR count). The molecule has 0 amide bonds. The summed E-state index contributed by atoms with van der Waals surface area (Å²) in [5.41, 5.74) is 0. The third-order valence-corrected chi connectivity index (χ3v) is 0. The maximum Gasteiger partial charge on any atom is 1.00 e. The fourth-order valence-electron chi connectivity index (χ4n) is 0. The van der Waals surface area contributed by atoms with E-state index in [0.717, 1.165) is 0 Å². The molecular formula is C3H10BNaO. The second-order valence-electron chi connectivity index (χ2n) is 1.05. The average molecular weight is 95.9 g/mol. The van der Waals surface area contributed by atoms with Crippen LogP contribution in [0.1, 0.15) is 13.8 Å². The van der Waals surface area contributed by atoms with Gasteiger partial charge in [0.05, 0.1) is 8.05 Å². The van der Waals surface area contributed by atoms with Crippen LogP contribution in [0.15, 0.2) is 0 Å². The Hall–Kier alpha value is 1.02. The van der Waals surface area contributed by atoms with Crippen molar-refractivity contribution in [3.8, 4) is 0 Å². The van der Waals surface area contributed by atoms with Gasteiger partial charge in [-0.1, -0.05) is 0 Å². The standard InChI is InChI=1S/C3H10BO.Na/c1-3(2)5-4;/h3H,1-2,4H3;/q-1;+1. The minimum absolute atomic E-state index is 0. The third kappa shape index (κ3) is 8.90. The Labute approximate surface area is 62.2 Å². The van der Waals surface area contributed by atoms with Crippen LogP contribution in [0.3, 0.4) is 0 Å². The molecule has 0 heterocycles. The first-order valence-corrected chi connectivity index (χ1v) is 1.39. The Bertz CT molecular complexity index is 24.8. The molecule has 0 aromatic rings. The van der Waals surface area contributed by atoms with Crippen LogP contribution in [-0.4, -0.2) is 14.2 Å².